The van der Waals surface area contributed by atoms with Crippen LogP contribution >= 0.6 is 11.8 Å². The number of ether oxygens (including phenoxy) is 1. The van der Waals surface area contributed by atoms with Gasteiger partial charge in [0.1, 0.15) is 35.5 Å². The zero-order valence-corrected chi connectivity index (χ0v) is 23.5. The van der Waals surface area contributed by atoms with E-state index < -0.39 is 57.8 Å². The number of thioether (sulfide) groups is 1. The summed E-state index contributed by atoms with van der Waals surface area (Å²) in [6, 6.07) is 11.7. The highest BCUT2D eigenvalue weighted by molar-refractivity contribution is 8.01. The molecule has 12 nitrogen and oxygen atoms in total. The van der Waals surface area contributed by atoms with Gasteiger partial charge in [-0.1, -0.05) is 37.3 Å². The van der Waals surface area contributed by atoms with Gasteiger partial charge in [-0.15, -0.1) is 11.8 Å². The zero-order chi connectivity index (χ0) is 29.7. The molecule has 0 aliphatic carbocycles. The third-order valence-electron chi connectivity index (χ3n) is 6.59. The first-order valence-corrected chi connectivity index (χ1v) is 13.9. The van der Waals surface area contributed by atoms with Crippen molar-refractivity contribution >= 4 is 47.6 Å². The van der Waals surface area contributed by atoms with Gasteiger partial charge in [-0.05, 0) is 50.1 Å². The number of carbonyl (C=O) groups is 5. The topological polar surface area (TPSA) is 166 Å². The summed E-state index contributed by atoms with van der Waals surface area (Å²) in [4.78, 5) is 64.2. The summed E-state index contributed by atoms with van der Waals surface area (Å²) in [5.41, 5.74) is 3.03. The van der Waals surface area contributed by atoms with E-state index in [1.807, 2.05) is 6.92 Å². The van der Waals surface area contributed by atoms with Gasteiger partial charge < -0.3 is 25.4 Å². The molecule has 41 heavy (non-hydrogen) atoms. The Morgan fingerprint density at radius 2 is 1.80 bits per heavy atom. The Kier molecular flexibility index (Phi) is 8.96. The minimum Gasteiger partial charge on any atom is -0.494 e. The van der Waals surface area contributed by atoms with Gasteiger partial charge in [0.15, 0.2) is 0 Å². The molecular weight excluding hydrogens is 550 g/mol. The summed E-state index contributed by atoms with van der Waals surface area (Å²) in [6.07, 6.45) is 1.69. The van der Waals surface area contributed by atoms with Crippen LogP contribution < -0.4 is 20.8 Å². The lowest BCUT2D eigenvalue weighted by molar-refractivity contribution is -0.161. The van der Waals surface area contributed by atoms with Crippen LogP contribution in [0.25, 0.3) is 0 Å². The Labute approximate surface area is 240 Å². The molecule has 0 bridgehead atoms. The van der Waals surface area contributed by atoms with Crippen molar-refractivity contribution in [1.82, 2.24) is 21.0 Å². The van der Waals surface area contributed by atoms with Crippen LogP contribution in [0.2, 0.25) is 0 Å². The fraction of sp³-hybridized carbons (Fsp3) is 0.357. The Morgan fingerprint density at radius 1 is 1.12 bits per heavy atom. The predicted octanol–water partition coefficient (Wildman–Crippen LogP) is 1.68. The Balaban J connectivity index is 1.38. The van der Waals surface area contributed by atoms with E-state index in [1.54, 1.807) is 68.4 Å². The number of rotatable bonds is 11. The molecule has 216 valence electrons. The summed E-state index contributed by atoms with van der Waals surface area (Å²) in [5, 5.41) is 18.0. The summed E-state index contributed by atoms with van der Waals surface area (Å²) in [5.74, 6) is -2.94. The maximum Gasteiger partial charge on any atom is 0.327 e. The summed E-state index contributed by atoms with van der Waals surface area (Å²) < 4.78 is 4.74. The molecule has 4 N–H and O–H groups in total. The van der Waals surface area contributed by atoms with E-state index in [9.17, 15) is 29.1 Å². The van der Waals surface area contributed by atoms with Gasteiger partial charge in [-0.2, -0.15) is 5.10 Å². The van der Waals surface area contributed by atoms with Crippen molar-refractivity contribution in [2.75, 3.05) is 6.61 Å². The van der Waals surface area contributed by atoms with Crippen LogP contribution in [0.3, 0.4) is 0 Å². The molecule has 2 fully saturated rings. The van der Waals surface area contributed by atoms with Crippen LogP contribution in [0.5, 0.6) is 5.75 Å². The SMILES string of the molecule is CCCOc1ccc(C(=O)NN=CC(=O)NC(C(=O)N[C@@H]2C(=O)N3[C@@H]2SC(C)(C)[C@@H]3C(=O)O)c2ccccc2)cc1. The average Bonchev–Trinajstić information content (AvgIpc) is 3.21. The van der Waals surface area contributed by atoms with Crippen LogP contribution in [0.1, 0.15) is 49.2 Å². The first-order valence-electron chi connectivity index (χ1n) is 13.0. The highest BCUT2D eigenvalue weighted by atomic mass is 32.2. The number of β-lactam (4-membered cyclic amide) rings is 1. The second-order valence-electron chi connectivity index (χ2n) is 10.0. The van der Waals surface area contributed by atoms with Gasteiger partial charge in [0.2, 0.25) is 11.8 Å². The fourth-order valence-corrected chi connectivity index (χ4v) is 6.27. The zero-order valence-electron chi connectivity index (χ0n) is 22.7. The molecule has 1 unspecified atom stereocenters. The second kappa shape index (κ2) is 12.4. The molecule has 13 heteroatoms. The van der Waals surface area contributed by atoms with Crippen molar-refractivity contribution in [2.24, 2.45) is 5.10 Å². The summed E-state index contributed by atoms with van der Waals surface area (Å²) in [6.45, 7) is 6.03. The van der Waals surface area contributed by atoms with Crippen LogP contribution in [0.15, 0.2) is 59.7 Å². The van der Waals surface area contributed by atoms with Crippen LogP contribution in [0.4, 0.5) is 0 Å². The number of hydrogen-bond donors (Lipinski definition) is 4. The maximum absolute atomic E-state index is 13.3. The molecular formula is C28H31N5O7S. The first-order chi connectivity index (χ1) is 19.5. The van der Waals surface area contributed by atoms with Crippen molar-refractivity contribution in [3.63, 3.8) is 0 Å². The van der Waals surface area contributed by atoms with E-state index in [1.165, 1.54) is 16.7 Å². The van der Waals surface area contributed by atoms with Gasteiger partial charge in [0.25, 0.3) is 11.8 Å². The number of amides is 4. The quantitative estimate of drug-likeness (QED) is 0.177. The number of hydrazone groups is 1. The molecule has 4 amide bonds. The smallest absolute Gasteiger partial charge is 0.327 e. The standard InChI is InChI=1S/C28H31N5O7S/c1-4-14-40-18-12-10-17(11-13-18)23(35)32-29-15-19(34)30-20(16-8-6-5-7-9-16)24(36)31-21-25(37)33-22(27(38)39)28(2,3)41-26(21)33/h5-13,15,20-22,26H,4,14H2,1-3H3,(H,30,34)(H,31,36)(H,32,35)(H,38,39)/t20?,21-,22+,26-/m1/s1. The number of benzene rings is 2. The molecule has 0 aromatic heterocycles. The van der Waals surface area contributed by atoms with E-state index in [0.29, 0.717) is 23.5 Å². The molecule has 0 radical (unpaired) electrons. The lowest BCUT2D eigenvalue weighted by atomic mass is 9.95. The molecule has 2 aliphatic heterocycles. The van der Waals surface area contributed by atoms with E-state index in [2.05, 4.69) is 21.2 Å². The summed E-state index contributed by atoms with van der Waals surface area (Å²) in [7, 11) is 0. The molecule has 2 saturated heterocycles. The molecule has 0 spiro atoms. The normalized spacial score (nSPS) is 21.4. The van der Waals surface area contributed by atoms with Crippen molar-refractivity contribution < 1.29 is 33.8 Å². The van der Waals surface area contributed by atoms with Crippen LogP contribution in [-0.2, 0) is 19.2 Å². The van der Waals surface area contributed by atoms with Crippen molar-refractivity contribution in [3.05, 3.63) is 65.7 Å². The second-order valence-corrected chi connectivity index (χ2v) is 11.8. The van der Waals surface area contributed by atoms with Gasteiger partial charge in [-0.25, -0.2) is 10.2 Å². The number of fused-ring (bicyclic) bond motifs is 1. The number of hydrogen-bond acceptors (Lipinski definition) is 8. The van der Waals surface area contributed by atoms with Gasteiger partial charge in [0, 0.05) is 10.3 Å². The lowest BCUT2D eigenvalue weighted by Gasteiger charge is -2.44. The lowest BCUT2D eigenvalue weighted by Crippen LogP contribution is -2.71. The number of carboxylic acids is 1. The Hall–Kier alpha value is -4.39. The monoisotopic (exact) mass is 581 g/mol. The predicted molar refractivity (Wildman–Crippen MR) is 151 cm³/mol. The first kappa shape index (κ1) is 29.6. The molecule has 2 heterocycles. The number of carboxylic acid groups (broad SMARTS) is 1. The van der Waals surface area contributed by atoms with E-state index >= 15 is 0 Å². The highest BCUT2D eigenvalue weighted by Gasteiger charge is 2.64. The Bertz CT molecular complexity index is 1350. The highest BCUT2D eigenvalue weighted by Crippen LogP contribution is 2.50. The maximum atomic E-state index is 13.3. The van der Waals surface area contributed by atoms with E-state index in [4.69, 9.17) is 4.74 Å². The number of nitrogens with one attached hydrogen (secondary N) is 3. The third kappa shape index (κ3) is 6.51. The van der Waals surface area contributed by atoms with Crippen LogP contribution in [-0.4, -0.2) is 74.6 Å². The van der Waals surface area contributed by atoms with Gasteiger partial charge >= 0.3 is 5.97 Å². The molecule has 2 aliphatic rings. The minimum absolute atomic E-state index is 0.310. The van der Waals surface area contributed by atoms with Crippen molar-refractivity contribution in [2.45, 2.75) is 55.4 Å². The molecule has 2 aromatic carbocycles. The summed E-state index contributed by atoms with van der Waals surface area (Å²) >= 11 is 1.30. The molecule has 4 atom stereocenters. The number of carbonyl (C=O) groups excluding carboxylic acids is 4. The number of aliphatic carboxylic acids is 1. The molecule has 4 rings (SSSR count). The Morgan fingerprint density at radius 3 is 2.44 bits per heavy atom. The van der Waals surface area contributed by atoms with Crippen LogP contribution in [0, 0.1) is 0 Å². The molecule has 2 aromatic rings. The van der Waals surface area contributed by atoms with E-state index in [0.717, 1.165) is 12.6 Å². The van der Waals surface area contributed by atoms with E-state index in [-0.39, 0.29) is 0 Å². The fourth-order valence-electron chi connectivity index (χ4n) is 4.64. The van der Waals surface area contributed by atoms with Crippen molar-refractivity contribution in [1.29, 1.82) is 0 Å². The number of nitrogens with zero attached hydrogens (tertiary/aromatic N) is 2. The average molecular weight is 582 g/mol. The van der Waals surface area contributed by atoms with Gasteiger partial charge in [-0.3, -0.25) is 19.2 Å². The third-order valence-corrected chi connectivity index (χ3v) is 8.16. The largest absolute Gasteiger partial charge is 0.494 e. The van der Waals surface area contributed by atoms with Crippen molar-refractivity contribution in [3.8, 4) is 5.75 Å². The minimum atomic E-state index is -1.18. The molecule has 0 saturated carbocycles. The van der Waals surface area contributed by atoms with Gasteiger partial charge in [0.05, 0.1) is 6.61 Å².